The van der Waals surface area contributed by atoms with Crippen LogP contribution in [0.3, 0.4) is 0 Å². The second-order valence-electron chi connectivity index (χ2n) is 20.5. The Morgan fingerprint density at radius 1 is 0.310 bits per heavy atom. The topological polar surface area (TPSA) is 6.48 Å². The van der Waals surface area contributed by atoms with Crippen molar-refractivity contribution in [2.24, 2.45) is 0 Å². The van der Waals surface area contributed by atoms with E-state index in [4.69, 9.17) is 0 Å². The smallest absolute Gasteiger partial charge is 0.0540 e. The molecule has 0 unspecified atom stereocenters. The Balaban J connectivity index is 1.08. The molecule has 3 heteroatoms. The van der Waals surface area contributed by atoms with Crippen LogP contribution in [0.2, 0.25) is 0 Å². The molecule has 12 aromatic rings. The van der Waals surface area contributed by atoms with E-state index in [9.17, 15) is 0 Å². The monoisotopic (exact) mass is 926 g/mol. The van der Waals surface area contributed by atoms with Crippen molar-refractivity contribution in [3.05, 3.63) is 253 Å². The van der Waals surface area contributed by atoms with Crippen LogP contribution in [0.5, 0.6) is 0 Å². The van der Waals surface area contributed by atoms with Crippen molar-refractivity contribution < 1.29 is 0 Å². The van der Waals surface area contributed by atoms with Crippen LogP contribution in [-0.2, 0) is 10.8 Å². The van der Waals surface area contributed by atoms with Crippen LogP contribution in [0.1, 0.15) is 49.9 Å². The van der Waals surface area contributed by atoms with Crippen LogP contribution < -0.4 is 9.80 Å². The normalized spacial score (nSPS) is 13.9. The van der Waals surface area contributed by atoms with Crippen LogP contribution in [0.25, 0.3) is 75.1 Å². The summed E-state index contributed by atoms with van der Waals surface area (Å²) in [6, 6.07) is 86.5. The first-order chi connectivity index (χ1) is 34.7. The Morgan fingerprint density at radius 3 is 1.30 bits per heavy atom. The van der Waals surface area contributed by atoms with Gasteiger partial charge in [0.05, 0.1) is 11.4 Å². The minimum absolute atomic E-state index is 0.178. The molecule has 11 aromatic carbocycles. The molecule has 1 aromatic heterocycles. The Morgan fingerprint density at radius 2 is 0.732 bits per heavy atom. The summed E-state index contributed by atoms with van der Waals surface area (Å²) in [6.07, 6.45) is 0. The number of nitrogens with zero attached hydrogens (tertiary/aromatic N) is 2. The minimum atomic E-state index is -0.178. The summed E-state index contributed by atoms with van der Waals surface area (Å²) >= 11 is 1.89. The van der Waals surface area contributed by atoms with E-state index in [0.29, 0.717) is 0 Å². The zero-order chi connectivity index (χ0) is 47.6. The lowest BCUT2D eigenvalue weighted by molar-refractivity contribution is 0.660. The summed E-state index contributed by atoms with van der Waals surface area (Å²) in [7, 11) is 0. The predicted octanol–water partition coefficient (Wildman–Crippen LogP) is 19.6. The van der Waals surface area contributed by atoms with Gasteiger partial charge in [0.25, 0.3) is 0 Å². The first-order valence-corrected chi connectivity index (χ1v) is 25.6. The molecule has 0 spiro atoms. The van der Waals surface area contributed by atoms with Crippen molar-refractivity contribution in [1.29, 1.82) is 0 Å². The fraction of sp³-hybridized carbons (Fsp3) is 0.0882. The molecule has 0 amide bonds. The maximum atomic E-state index is 2.53. The Labute approximate surface area is 419 Å². The van der Waals surface area contributed by atoms with Crippen LogP contribution in [-0.4, -0.2) is 0 Å². The van der Waals surface area contributed by atoms with Crippen LogP contribution in [0, 0.1) is 0 Å². The van der Waals surface area contributed by atoms with Gasteiger partial charge in [-0.3, -0.25) is 0 Å². The van der Waals surface area contributed by atoms with Crippen molar-refractivity contribution in [3.63, 3.8) is 0 Å². The van der Waals surface area contributed by atoms with Crippen LogP contribution >= 0.6 is 11.3 Å². The molecule has 0 atom stereocenters. The average Bonchev–Trinajstić information content (AvgIpc) is 3.98. The molecule has 0 bridgehead atoms. The molecule has 0 fully saturated rings. The number of rotatable bonds is 7. The quantitative estimate of drug-likeness (QED) is 0.157. The van der Waals surface area contributed by atoms with Gasteiger partial charge in [-0.2, -0.15) is 0 Å². The molecule has 14 rings (SSSR count). The number of hydrogen-bond donors (Lipinski definition) is 0. The van der Waals surface area contributed by atoms with E-state index >= 15 is 0 Å². The van der Waals surface area contributed by atoms with E-state index in [1.807, 2.05) is 11.3 Å². The average molecular weight is 927 g/mol. The molecule has 71 heavy (non-hydrogen) atoms. The maximum absolute atomic E-state index is 2.53. The standard InChI is InChI=1S/C68H50N2S/c1-67(2)59-29-12-9-24-53(59)55-36-34-46(41-61(55)67)69(63-31-15-20-43-18-5-7-22-50(43)63)48-38-45(52-27-17-28-58-57-26-11-14-33-65(57)71-66(52)58)39-49(40-48)70(64-32-16-21-44-19-6-8-23-51(44)64)47-35-37-56-54-25-10-13-30-60(54)68(3,4)62(56)42-47/h5-42H,1-4H3. The second-order valence-corrected chi connectivity index (χ2v) is 21.5. The van der Waals surface area contributed by atoms with Gasteiger partial charge in [0.15, 0.2) is 0 Å². The predicted molar refractivity (Wildman–Crippen MR) is 304 cm³/mol. The zero-order valence-electron chi connectivity index (χ0n) is 40.2. The van der Waals surface area contributed by atoms with E-state index in [2.05, 4.69) is 268 Å². The third-order valence-electron chi connectivity index (χ3n) is 15.8. The summed E-state index contributed by atoms with van der Waals surface area (Å²) in [4.78, 5) is 5.06. The lowest BCUT2D eigenvalue weighted by atomic mass is 9.82. The highest BCUT2D eigenvalue weighted by Gasteiger charge is 2.37. The van der Waals surface area contributed by atoms with Crippen molar-refractivity contribution in [2.75, 3.05) is 9.80 Å². The Kier molecular flexibility index (Phi) is 9.18. The molecule has 338 valence electrons. The highest BCUT2D eigenvalue weighted by atomic mass is 32.1. The summed E-state index contributed by atoms with van der Waals surface area (Å²) in [5.74, 6) is 0. The van der Waals surface area contributed by atoms with Gasteiger partial charge in [-0.25, -0.2) is 0 Å². The Bertz CT molecular complexity index is 3930. The molecular formula is C68H50N2S. The zero-order valence-corrected chi connectivity index (χ0v) is 41.1. The number of fused-ring (bicyclic) bond motifs is 11. The number of benzene rings is 11. The number of hydrogen-bond acceptors (Lipinski definition) is 3. The molecule has 1 heterocycles. The molecule has 2 aliphatic carbocycles. The lowest BCUT2D eigenvalue weighted by Gasteiger charge is -2.32. The fourth-order valence-corrected chi connectivity index (χ4v) is 13.5. The summed E-state index contributed by atoms with van der Waals surface area (Å²) in [5, 5.41) is 7.38. The maximum Gasteiger partial charge on any atom is 0.0540 e. The van der Waals surface area contributed by atoms with Gasteiger partial charge in [0.1, 0.15) is 0 Å². The first-order valence-electron chi connectivity index (χ1n) is 24.8. The molecule has 0 saturated heterocycles. The molecule has 0 radical (unpaired) electrons. The van der Waals surface area contributed by atoms with Crippen molar-refractivity contribution in [1.82, 2.24) is 0 Å². The van der Waals surface area contributed by atoms with Gasteiger partial charge in [0.2, 0.25) is 0 Å². The highest BCUT2D eigenvalue weighted by Crippen LogP contribution is 2.54. The summed E-state index contributed by atoms with van der Waals surface area (Å²) < 4.78 is 2.59. The third-order valence-corrected chi connectivity index (χ3v) is 17.0. The molecule has 0 saturated carbocycles. The van der Waals surface area contributed by atoms with E-state index in [0.717, 1.165) is 39.7 Å². The van der Waals surface area contributed by atoms with Crippen LogP contribution in [0.4, 0.5) is 34.1 Å². The van der Waals surface area contributed by atoms with Gasteiger partial charge in [0, 0.05) is 64.5 Å². The van der Waals surface area contributed by atoms with E-state index < -0.39 is 0 Å². The largest absolute Gasteiger partial charge is 0.310 e. The molecule has 0 aliphatic heterocycles. The Hall–Kier alpha value is -8.24. The highest BCUT2D eigenvalue weighted by molar-refractivity contribution is 7.26. The van der Waals surface area contributed by atoms with E-state index in [-0.39, 0.29) is 10.8 Å². The van der Waals surface area contributed by atoms with E-state index in [1.54, 1.807) is 0 Å². The summed E-state index contributed by atoms with van der Waals surface area (Å²) in [5.41, 5.74) is 19.4. The van der Waals surface area contributed by atoms with Gasteiger partial charge >= 0.3 is 0 Å². The summed E-state index contributed by atoms with van der Waals surface area (Å²) in [6.45, 7) is 9.53. The van der Waals surface area contributed by atoms with E-state index in [1.165, 1.54) is 91.8 Å². The number of thiophene rings is 1. The van der Waals surface area contributed by atoms with Crippen molar-refractivity contribution in [2.45, 2.75) is 38.5 Å². The second kappa shape index (κ2) is 15.6. The van der Waals surface area contributed by atoms with Gasteiger partial charge in [-0.15, -0.1) is 11.3 Å². The molecule has 2 nitrogen and oxygen atoms in total. The molecule has 2 aliphatic rings. The molecule has 0 N–H and O–H groups in total. The van der Waals surface area contributed by atoms with Gasteiger partial charge < -0.3 is 9.80 Å². The van der Waals surface area contributed by atoms with Gasteiger partial charge in [-0.05, 0) is 127 Å². The fourth-order valence-electron chi connectivity index (χ4n) is 12.3. The van der Waals surface area contributed by atoms with Crippen molar-refractivity contribution in [3.8, 4) is 33.4 Å². The number of anilines is 6. The molecular weight excluding hydrogens is 877 g/mol. The van der Waals surface area contributed by atoms with Gasteiger partial charge in [-0.1, -0.05) is 198 Å². The minimum Gasteiger partial charge on any atom is -0.310 e. The third kappa shape index (κ3) is 6.32. The lowest BCUT2D eigenvalue weighted by Crippen LogP contribution is -2.18. The SMILES string of the molecule is CC1(C)c2ccccc2-c2ccc(N(c3cc(-c4cccc5c4sc4ccccc45)cc(N(c4ccc5c(c4)C(C)(C)c4ccccc4-5)c4cccc5ccccc45)c3)c3cccc4ccccc34)cc21. The van der Waals surface area contributed by atoms with Crippen LogP contribution in [0.15, 0.2) is 231 Å². The van der Waals surface area contributed by atoms with Crippen molar-refractivity contribution >= 4 is 87.2 Å². The first kappa shape index (κ1) is 41.7.